The van der Waals surface area contributed by atoms with Crippen molar-refractivity contribution in [2.45, 2.75) is 33.1 Å². The molecule has 1 aromatic carbocycles. The summed E-state index contributed by atoms with van der Waals surface area (Å²) < 4.78 is 0. The Hall–Kier alpha value is -2.36. The predicted molar refractivity (Wildman–Crippen MR) is 90.2 cm³/mol. The van der Waals surface area contributed by atoms with E-state index in [-0.39, 0.29) is 6.03 Å². The van der Waals surface area contributed by atoms with E-state index in [0.29, 0.717) is 6.54 Å². The Morgan fingerprint density at radius 1 is 1.05 bits per heavy atom. The number of para-hydroxylation sites is 1. The van der Waals surface area contributed by atoms with Gasteiger partial charge in [-0.2, -0.15) is 0 Å². The summed E-state index contributed by atoms with van der Waals surface area (Å²) in [6.07, 6.45) is 4.29. The molecule has 116 valence electrons. The standard InChI is InChI=1S/C18H23N3O/c1-3-14-8-7-9-15(4-2)17(14)21-18(22)20-13-11-16-10-5-6-12-19-16/h5-10,12H,3-4,11,13H2,1-2H3,(H2,20,21,22). The van der Waals surface area contributed by atoms with Gasteiger partial charge in [-0.1, -0.05) is 38.1 Å². The first-order valence-corrected chi connectivity index (χ1v) is 7.80. The monoisotopic (exact) mass is 297 g/mol. The number of pyridine rings is 1. The van der Waals surface area contributed by atoms with E-state index in [4.69, 9.17) is 0 Å². The number of anilines is 1. The van der Waals surface area contributed by atoms with E-state index in [1.54, 1.807) is 6.20 Å². The van der Waals surface area contributed by atoms with Gasteiger partial charge in [-0.15, -0.1) is 0 Å². The molecular weight excluding hydrogens is 274 g/mol. The van der Waals surface area contributed by atoms with E-state index in [0.717, 1.165) is 30.6 Å². The molecule has 0 spiro atoms. The zero-order valence-electron chi connectivity index (χ0n) is 13.2. The van der Waals surface area contributed by atoms with Crippen LogP contribution in [-0.4, -0.2) is 17.6 Å². The van der Waals surface area contributed by atoms with Crippen LogP contribution in [0.4, 0.5) is 10.5 Å². The lowest BCUT2D eigenvalue weighted by atomic mass is 10.0. The first-order chi connectivity index (χ1) is 10.7. The molecule has 4 heteroatoms. The van der Waals surface area contributed by atoms with Crippen molar-refractivity contribution in [2.24, 2.45) is 0 Å². The first kappa shape index (κ1) is 16.0. The van der Waals surface area contributed by atoms with Gasteiger partial charge in [-0.05, 0) is 36.1 Å². The van der Waals surface area contributed by atoms with Crippen LogP contribution in [-0.2, 0) is 19.3 Å². The van der Waals surface area contributed by atoms with E-state index in [1.165, 1.54) is 11.1 Å². The van der Waals surface area contributed by atoms with Crippen LogP contribution in [0.2, 0.25) is 0 Å². The predicted octanol–water partition coefficient (Wildman–Crippen LogP) is 3.57. The summed E-state index contributed by atoms with van der Waals surface area (Å²) in [6.45, 7) is 4.76. The SMILES string of the molecule is CCc1cccc(CC)c1NC(=O)NCCc1ccccn1. The fraction of sp³-hybridized carbons (Fsp3) is 0.333. The summed E-state index contributed by atoms with van der Waals surface area (Å²) >= 11 is 0. The van der Waals surface area contributed by atoms with Gasteiger partial charge in [0.15, 0.2) is 0 Å². The van der Waals surface area contributed by atoms with Crippen LogP contribution in [0.3, 0.4) is 0 Å². The minimum Gasteiger partial charge on any atom is -0.337 e. The number of hydrogen-bond acceptors (Lipinski definition) is 2. The number of hydrogen-bond donors (Lipinski definition) is 2. The van der Waals surface area contributed by atoms with Gasteiger partial charge in [0.25, 0.3) is 0 Å². The van der Waals surface area contributed by atoms with E-state index in [9.17, 15) is 4.79 Å². The Kier molecular flexibility index (Phi) is 5.95. The third-order valence-corrected chi connectivity index (χ3v) is 3.63. The largest absolute Gasteiger partial charge is 0.337 e. The van der Waals surface area contributed by atoms with Crippen molar-refractivity contribution in [3.05, 3.63) is 59.4 Å². The molecule has 1 heterocycles. The molecule has 0 unspecified atom stereocenters. The lowest BCUT2D eigenvalue weighted by Gasteiger charge is -2.15. The average Bonchev–Trinajstić information content (AvgIpc) is 2.56. The highest BCUT2D eigenvalue weighted by atomic mass is 16.2. The molecule has 0 aliphatic rings. The number of carbonyl (C=O) groups excluding carboxylic acids is 1. The molecule has 2 aromatic rings. The molecule has 0 radical (unpaired) electrons. The van der Waals surface area contributed by atoms with Gasteiger partial charge in [0.2, 0.25) is 0 Å². The maximum Gasteiger partial charge on any atom is 0.319 e. The quantitative estimate of drug-likeness (QED) is 0.856. The van der Waals surface area contributed by atoms with Crippen LogP contribution in [0.1, 0.15) is 30.7 Å². The molecule has 0 aliphatic heterocycles. The van der Waals surface area contributed by atoms with Gasteiger partial charge in [0.05, 0.1) is 0 Å². The highest BCUT2D eigenvalue weighted by Crippen LogP contribution is 2.22. The van der Waals surface area contributed by atoms with Gasteiger partial charge in [0, 0.05) is 30.5 Å². The number of nitrogens with one attached hydrogen (secondary N) is 2. The third-order valence-electron chi connectivity index (χ3n) is 3.63. The highest BCUT2D eigenvalue weighted by molar-refractivity contribution is 5.91. The van der Waals surface area contributed by atoms with Crippen LogP contribution in [0.25, 0.3) is 0 Å². The molecule has 22 heavy (non-hydrogen) atoms. The summed E-state index contributed by atoms with van der Waals surface area (Å²) in [5, 5.41) is 5.89. The third kappa shape index (κ3) is 4.32. The average molecular weight is 297 g/mol. The van der Waals surface area contributed by atoms with Crippen LogP contribution in [0.5, 0.6) is 0 Å². The maximum atomic E-state index is 12.1. The van der Waals surface area contributed by atoms with Gasteiger partial charge >= 0.3 is 6.03 Å². The molecule has 1 aromatic heterocycles. The second-order valence-electron chi connectivity index (χ2n) is 5.11. The summed E-state index contributed by atoms with van der Waals surface area (Å²) in [5.74, 6) is 0. The lowest BCUT2D eigenvalue weighted by Crippen LogP contribution is -2.31. The zero-order chi connectivity index (χ0) is 15.8. The highest BCUT2D eigenvalue weighted by Gasteiger charge is 2.09. The molecule has 2 rings (SSSR count). The van der Waals surface area contributed by atoms with Crippen LogP contribution in [0, 0.1) is 0 Å². The maximum absolute atomic E-state index is 12.1. The summed E-state index contributed by atoms with van der Waals surface area (Å²) in [5.41, 5.74) is 4.26. The normalized spacial score (nSPS) is 10.3. The number of carbonyl (C=O) groups is 1. The van der Waals surface area contributed by atoms with Crippen molar-refractivity contribution in [2.75, 3.05) is 11.9 Å². The van der Waals surface area contributed by atoms with Crippen molar-refractivity contribution in [3.63, 3.8) is 0 Å². The van der Waals surface area contributed by atoms with Crippen molar-refractivity contribution < 1.29 is 4.79 Å². The molecule has 0 saturated heterocycles. The molecule has 0 aliphatic carbocycles. The summed E-state index contributed by atoms with van der Waals surface area (Å²) in [4.78, 5) is 16.3. The van der Waals surface area contributed by atoms with Gasteiger partial charge in [-0.3, -0.25) is 4.98 Å². The lowest BCUT2D eigenvalue weighted by molar-refractivity contribution is 0.252. The van der Waals surface area contributed by atoms with Crippen molar-refractivity contribution >= 4 is 11.7 Å². The van der Waals surface area contributed by atoms with E-state index in [2.05, 4.69) is 41.6 Å². The van der Waals surface area contributed by atoms with Gasteiger partial charge in [0.1, 0.15) is 0 Å². The molecule has 4 nitrogen and oxygen atoms in total. The first-order valence-electron chi connectivity index (χ1n) is 7.80. The van der Waals surface area contributed by atoms with Crippen LogP contribution in [0.15, 0.2) is 42.6 Å². The molecular formula is C18H23N3O. The van der Waals surface area contributed by atoms with E-state index < -0.39 is 0 Å². The van der Waals surface area contributed by atoms with Gasteiger partial charge < -0.3 is 10.6 Å². The second kappa shape index (κ2) is 8.17. The van der Waals surface area contributed by atoms with Gasteiger partial charge in [-0.25, -0.2) is 4.79 Å². The van der Waals surface area contributed by atoms with E-state index in [1.807, 2.05) is 24.3 Å². The molecule has 0 bridgehead atoms. The minimum absolute atomic E-state index is 0.161. The van der Waals surface area contributed by atoms with Crippen molar-refractivity contribution in [1.29, 1.82) is 0 Å². The van der Waals surface area contributed by atoms with Crippen molar-refractivity contribution in [3.8, 4) is 0 Å². The summed E-state index contributed by atoms with van der Waals surface area (Å²) in [6, 6.07) is 11.8. The fourth-order valence-electron chi connectivity index (χ4n) is 2.41. The Balaban J connectivity index is 1.92. The molecule has 0 saturated carbocycles. The Morgan fingerprint density at radius 3 is 2.36 bits per heavy atom. The molecule has 2 amide bonds. The number of urea groups is 1. The fourth-order valence-corrected chi connectivity index (χ4v) is 2.41. The van der Waals surface area contributed by atoms with E-state index >= 15 is 0 Å². The number of rotatable bonds is 6. The number of aryl methyl sites for hydroxylation is 2. The number of nitrogens with zero attached hydrogens (tertiary/aromatic N) is 1. The second-order valence-corrected chi connectivity index (χ2v) is 5.11. The summed E-state index contributed by atoms with van der Waals surface area (Å²) in [7, 11) is 0. The molecule has 0 fully saturated rings. The smallest absolute Gasteiger partial charge is 0.319 e. The van der Waals surface area contributed by atoms with Crippen LogP contribution < -0.4 is 10.6 Å². The topological polar surface area (TPSA) is 54.0 Å². The van der Waals surface area contributed by atoms with Crippen LogP contribution >= 0.6 is 0 Å². The minimum atomic E-state index is -0.161. The molecule has 2 N–H and O–H groups in total. The molecule has 0 atom stereocenters. The number of benzene rings is 1. The van der Waals surface area contributed by atoms with Crippen molar-refractivity contribution in [1.82, 2.24) is 10.3 Å². The number of amides is 2. The zero-order valence-corrected chi connectivity index (χ0v) is 13.2. The Bertz CT molecular complexity index is 589. The number of aromatic nitrogens is 1. The Morgan fingerprint density at radius 2 is 1.77 bits per heavy atom. The Labute approximate surface area is 132 Å².